The molecule has 1 heterocycles. The fraction of sp³-hybridized carbons (Fsp3) is 0.250. The molecule has 0 saturated carbocycles. The summed E-state index contributed by atoms with van der Waals surface area (Å²) in [6.07, 6.45) is 6.49. The van der Waals surface area contributed by atoms with Gasteiger partial charge in [0.1, 0.15) is 0 Å². The van der Waals surface area contributed by atoms with E-state index in [1.54, 1.807) is 12.3 Å². The molecule has 4 N–H and O–H groups in total. The molecule has 1 amide bonds. The number of nitrogens with two attached hydrogens (primary N) is 1. The average Bonchev–Trinajstić information content (AvgIpc) is 2.54. The number of pyridine rings is 1. The van der Waals surface area contributed by atoms with Gasteiger partial charge < -0.3 is 10.7 Å². The predicted octanol–water partition coefficient (Wildman–Crippen LogP) is 2.96. The minimum Gasteiger partial charge on any atom is -0.322 e. The van der Waals surface area contributed by atoms with Crippen molar-refractivity contribution in [2.75, 3.05) is 10.7 Å². The molecule has 0 spiro atoms. The van der Waals surface area contributed by atoms with E-state index in [4.69, 9.17) is 5.84 Å². The molecule has 110 valence electrons. The maximum absolute atomic E-state index is 12.2. The number of carbonyl (C=O) groups is 1. The second-order valence-electron chi connectivity index (χ2n) is 4.82. The van der Waals surface area contributed by atoms with Crippen molar-refractivity contribution in [3.05, 3.63) is 53.9 Å². The van der Waals surface area contributed by atoms with Crippen LogP contribution in [0, 0.1) is 0 Å². The number of nitrogen functional groups attached to an aromatic ring is 1. The summed E-state index contributed by atoms with van der Waals surface area (Å²) >= 11 is 0. The van der Waals surface area contributed by atoms with Crippen molar-refractivity contribution in [1.29, 1.82) is 0 Å². The summed E-state index contributed by atoms with van der Waals surface area (Å²) in [6.45, 7) is 2.17. The fourth-order valence-electron chi connectivity index (χ4n) is 2.04. The lowest BCUT2D eigenvalue weighted by Crippen LogP contribution is -2.17. The number of aryl methyl sites for hydroxylation is 1. The van der Waals surface area contributed by atoms with E-state index in [0.29, 0.717) is 11.3 Å². The lowest BCUT2D eigenvalue weighted by atomic mass is 10.1. The quantitative estimate of drug-likeness (QED) is 0.563. The van der Waals surface area contributed by atoms with E-state index in [1.165, 1.54) is 24.6 Å². The zero-order chi connectivity index (χ0) is 15.1. The van der Waals surface area contributed by atoms with Gasteiger partial charge in [-0.3, -0.25) is 15.6 Å². The third-order valence-corrected chi connectivity index (χ3v) is 3.25. The molecular formula is C16H20N4O. The Bertz CT molecular complexity index is 595. The van der Waals surface area contributed by atoms with Crippen LogP contribution in [-0.4, -0.2) is 10.9 Å². The Hall–Kier alpha value is -2.40. The summed E-state index contributed by atoms with van der Waals surface area (Å²) in [5.41, 5.74) is 5.47. The number of unbranched alkanes of at least 4 members (excludes halogenated alkanes) is 1. The SMILES string of the molecule is CCCCc1ccc(NC(=O)c2ccncc2NN)cc1. The maximum atomic E-state index is 12.2. The molecule has 0 unspecified atom stereocenters. The van der Waals surface area contributed by atoms with E-state index in [9.17, 15) is 4.79 Å². The Morgan fingerprint density at radius 3 is 2.67 bits per heavy atom. The number of aromatic nitrogens is 1. The fourth-order valence-corrected chi connectivity index (χ4v) is 2.04. The largest absolute Gasteiger partial charge is 0.322 e. The first-order valence-electron chi connectivity index (χ1n) is 7.05. The summed E-state index contributed by atoms with van der Waals surface area (Å²) in [5.74, 6) is 5.16. The number of hydrazine groups is 1. The highest BCUT2D eigenvalue weighted by Gasteiger charge is 2.10. The molecule has 2 aromatic rings. The Morgan fingerprint density at radius 2 is 2.00 bits per heavy atom. The summed E-state index contributed by atoms with van der Waals surface area (Å²) in [6, 6.07) is 9.54. The van der Waals surface area contributed by atoms with Crippen molar-refractivity contribution in [1.82, 2.24) is 4.98 Å². The number of benzene rings is 1. The summed E-state index contributed by atoms with van der Waals surface area (Å²) < 4.78 is 0. The summed E-state index contributed by atoms with van der Waals surface area (Å²) in [4.78, 5) is 16.1. The zero-order valence-electron chi connectivity index (χ0n) is 12.1. The molecule has 21 heavy (non-hydrogen) atoms. The normalized spacial score (nSPS) is 10.2. The van der Waals surface area contributed by atoms with Crippen LogP contribution in [0.25, 0.3) is 0 Å². The second-order valence-corrected chi connectivity index (χ2v) is 4.82. The number of carbonyl (C=O) groups excluding carboxylic acids is 1. The molecule has 1 aromatic heterocycles. The first kappa shape index (κ1) is 15.0. The van der Waals surface area contributed by atoms with Crippen LogP contribution in [-0.2, 0) is 6.42 Å². The van der Waals surface area contributed by atoms with E-state index in [-0.39, 0.29) is 5.91 Å². The number of hydrogen-bond acceptors (Lipinski definition) is 4. The molecule has 0 aliphatic carbocycles. The van der Waals surface area contributed by atoms with E-state index >= 15 is 0 Å². The van der Waals surface area contributed by atoms with Gasteiger partial charge in [0.05, 0.1) is 17.4 Å². The lowest BCUT2D eigenvalue weighted by molar-refractivity contribution is 0.102. The van der Waals surface area contributed by atoms with E-state index in [0.717, 1.165) is 12.1 Å². The lowest BCUT2D eigenvalue weighted by Gasteiger charge is -2.09. The van der Waals surface area contributed by atoms with E-state index in [1.807, 2.05) is 24.3 Å². The number of anilines is 2. The summed E-state index contributed by atoms with van der Waals surface area (Å²) in [5, 5.41) is 2.85. The number of nitrogens with zero attached hydrogens (tertiary/aromatic N) is 1. The van der Waals surface area contributed by atoms with Crippen LogP contribution >= 0.6 is 0 Å². The van der Waals surface area contributed by atoms with Crippen molar-refractivity contribution >= 4 is 17.3 Å². The minimum absolute atomic E-state index is 0.216. The van der Waals surface area contributed by atoms with Crippen molar-refractivity contribution in [3.63, 3.8) is 0 Å². The zero-order valence-corrected chi connectivity index (χ0v) is 12.1. The van der Waals surface area contributed by atoms with Gasteiger partial charge in [0.2, 0.25) is 0 Å². The van der Waals surface area contributed by atoms with Crippen LogP contribution in [0.5, 0.6) is 0 Å². The molecule has 0 aliphatic heterocycles. The molecule has 0 fully saturated rings. The molecule has 0 radical (unpaired) electrons. The number of amides is 1. The molecule has 0 bridgehead atoms. The molecule has 5 nitrogen and oxygen atoms in total. The highest BCUT2D eigenvalue weighted by molar-refractivity contribution is 6.07. The van der Waals surface area contributed by atoms with E-state index in [2.05, 4.69) is 22.7 Å². The van der Waals surface area contributed by atoms with Crippen molar-refractivity contribution < 1.29 is 4.79 Å². The Labute approximate surface area is 124 Å². The minimum atomic E-state index is -0.216. The molecule has 2 rings (SSSR count). The van der Waals surface area contributed by atoms with Crippen LogP contribution in [0.2, 0.25) is 0 Å². The van der Waals surface area contributed by atoms with E-state index < -0.39 is 0 Å². The number of nitrogens with one attached hydrogen (secondary N) is 2. The third-order valence-electron chi connectivity index (χ3n) is 3.25. The molecule has 5 heteroatoms. The van der Waals surface area contributed by atoms with Gasteiger partial charge in [-0.05, 0) is 36.6 Å². The standard InChI is InChI=1S/C16H20N4O/c1-2-3-4-12-5-7-13(8-6-12)19-16(21)14-9-10-18-11-15(14)20-17/h5-11,20H,2-4,17H2,1H3,(H,19,21). The first-order valence-corrected chi connectivity index (χ1v) is 7.05. The molecular weight excluding hydrogens is 264 g/mol. The van der Waals surface area contributed by atoms with Crippen LogP contribution in [0.15, 0.2) is 42.7 Å². The average molecular weight is 284 g/mol. The Morgan fingerprint density at radius 1 is 1.24 bits per heavy atom. The molecule has 1 aromatic carbocycles. The smallest absolute Gasteiger partial charge is 0.257 e. The van der Waals surface area contributed by atoms with Crippen LogP contribution in [0.1, 0.15) is 35.7 Å². The molecule has 0 aliphatic rings. The first-order chi connectivity index (χ1) is 10.2. The van der Waals surface area contributed by atoms with Crippen LogP contribution < -0.4 is 16.6 Å². The third kappa shape index (κ3) is 4.03. The molecule has 0 atom stereocenters. The van der Waals surface area contributed by atoms with Gasteiger partial charge >= 0.3 is 0 Å². The Balaban J connectivity index is 2.05. The number of rotatable bonds is 6. The van der Waals surface area contributed by atoms with Gasteiger partial charge in [-0.25, -0.2) is 0 Å². The van der Waals surface area contributed by atoms with Crippen LogP contribution in [0.4, 0.5) is 11.4 Å². The van der Waals surface area contributed by atoms with Gasteiger partial charge in [-0.1, -0.05) is 25.5 Å². The highest BCUT2D eigenvalue weighted by Crippen LogP contribution is 2.16. The predicted molar refractivity (Wildman–Crippen MR) is 85.1 cm³/mol. The number of hydrogen-bond donors (Lipinski definition) is 3. The van der Waals surface area contributed by atoms with Gasteiger partial charge in [0, 0.05) is 11.9 Å². The van der Waals surface area contributed by atoms with Crippen molar-refractivity contribution in [2.45, 2.75) is 26.2 Å². The maximum Gasteiger partial charge on any atom is 0.257 e. The van der Waals surface area contributed by atoms with Crippen LogP contribution in [0.3, 0.4) is 0 Å². The van der Waals surface area contributed by atoms with Gasteiger partial charge in [0.15, 0.2) is 0 Å². The Kier molecular flexibility index (Phi) is 5.29. The van der Waals surface area contributed by atoms with Gasteiger partial charge in [0.25, 0.3) is 5.91 Å². The topological polar surface area (TPSA) is 80.0 Å². The summed E-state index contributed by atoms with van der Waals surface area (Å²) in [7, 11) is 0. The van der Waals surface area contributed by atoms with Gasteiger partial charge in [-0.15, -0.1) is 0 Å². The van der Waals surface area contributed by atoms with Crippen molar-refractivity contribution in [2.24, 2.45) is 5.84 Å². The van der Waals surface area contributed by atoms with Gasteiger partial charge in [-0.2, -0.15) is 0 Å². The second kappa shape index (κ2) is 7.40. The van der Waals surface area contributed by atoms with Crippen molar-refractivity contribution in [3.8, 4) is 0 Å². The molecule has 0 saturated heterocycles. The monoisotopic (exact) mass is 284 g/mol. The highest BCUT2D eigenvalue weighted by atomic mass is 16.1.